The molecule has 21 heavy (non-hydrogen) atoms. The van der Waals surface area contributed by atoms with E-state index in [0.29, 0.717) is 19.8 Å². The summed E-state index contributed by atoms with van der Waals surface area (Å²) in [7, 11) is 0. The van der Waals surface area contributed by atoms with E-state index in [-0.39, 0.29) is 18.9 Å². The summed E-state index contributed by atoms with van der Waals surface area (Å²) in [6.45, 7) is 3.58. The molecule has 1 aromatic carbocycles. The van der Waals surface area contributed by atoms with Gasteiger partial charge < -0.3 is 20.1 Å². The summed E-state index contributed by atoms with van der Waals surface area (Å²) in [5.41, 5.74) is 1.68. The van der Waals surface area contributed by atoms with Crippen LogP contribution in [0.15, 0.2) is 24.3 Å². The first-order valence-electron chi connectivity index (χ1n) is 6.99. The van der Waals surface area contributed by atoms with Gasteiger partial charge in [0.25, 0.3) is 0 Å². The van der Waals surface area contributed by atoms with Crippen LogP contribution in [0.2, 0.25) is 0 Å². The highest BCUT2D eigenvalue weighted by Crippen LogP contribution is 2.21. The number of benzene rings is 1. The van der Waals surface area contributed by atoms with Crippen molar-refractivity contribution in [1.82, 2.24) is 5.32 Å². The number of aryl methyl sites for hydroxylation is 1. The molecule has 0 radical (unpaired) electrons. The second-order valence-corrected chi connectivity index (χ2v) is 5.00. The number of morpholine rings is 1. The highest BCUT2D eigenvalue weighted by atomic mass is 16.5. The van der Waals surface area contributed by atoms with Crippen LogP contribution >= 0.6 is 0 Å². The molecule has 2 N–H and O–H groups in total. The van der Waals surface area contributed by atoms with Crippen LogP contribution in [0.25, 0.3) is 0 Å². The van der Waals surface area contributed by atoms with Crippen LogP contribution < -0.4 is 10.2 Å². The molecule has 1 saturated heterocycles. The first-order chi connectivity index (χ1) is 10.1. The van der Waals surface area contributed by atoms with Crippen LogP contribution in [-0.2, 0) is 14.3 Å². The average molecular weight is 292 g/mol. The number of anilines is 1. The monoisotopic (exact) mass is 292 g/mol. The normalized spacial score (nSPS) is 18.2. The van der Waals surface area contributed by atoms with Gasteiger partial charge in [0.1, 0.15) is 6.04 Å². The van der Waals surface area contributed by atoms with Crippen molar-refractivity contribution < 1.29 is 19.4 Å². The third kappa shape index (κ3) is 4.03. The molecule has 1 unspecified atom stereocenters. The van der Waals surface area contributed by atoms with Crippen molar-refractivity contribution in [3.05, 3.63) is 29.8 Å². The third-order valence-electron chi connectivity index (χ3n) is 3.44. The Morgan fingerprint density at radius 3 is 2.81 bits per heavy atom. The lowest BCUT2D eigenvalue weighted by molar-refractivity contribution is -0.136. The predicted molar refractivity (Wildman–Crippen MR) is 78.4 cm³/mol. The number of hydrogen-bond donors (Lipinski definition) is 2. The fraction of sp³-hybridized carbons (Fsp3) is 0.467. The van der Waals surface area contributed by atoms with Crippen LogP contribution in [-0.4, -0.2) is 49.3 Å². The molecule has 0 spiro atoms. The topological polar surface area (TPSA) is 78.9 Å². The molecule has 6 heteroatoms. The van der Waals surface area contributed by atoms with Gasteiger partial charge in [0.2, 0.25) is 5.91 Å². The number of ether oxygens (including phenoxy) is 1. The summed E-state index contributed by atoms with van der Waals surface area (Å²) < 4.78 is 5.32. The number of carboxylic acids is 1. The van der Waals surface area contributed by atoms with E-state index >= 15 is 0 Å². The lowest BCUT2D eigenvalue weighted by atomic mass is 10.1. The van der Waals surface area contributed by atoms with Crippen LogP contribution in [0.3, 0.4) is 0 Å². The van der Waals surface area contributed by atoms with Crippen molar-refractivity contribution >= 4 is 17.6 Å². The minimum Gasteiger partial charge on any atom is -0.481 e. The average Bonchev–Trinajstić information content (AvgIpc) is 2.49. The van der Waals surface area contributed by atoms with Crippen molar-refractivity contribution in [3.8, 4) is 0 Å². The molecule has 1 fully saturated rings. The van der Waals surface area contributed by atoms with Gasteiger partial charge in [-0.1, -0.05) is 18.2 Å². The number of nitrogens with zero attached hydrogens (tertiary/aromatic N) is 1. The zero-order valence-corrected chi connectivity index (χ0v) is 12.0. The second kappa shape index (κ2) is 7.19. The second-order valence-electron chi connectivity index (χ2n) is 5.00. The number of nitrogens with one attached hydrogen (secondary N) is 1. The molecule has 1 amide bonds. The first-order valence-corrected chi connectivity index (χ1v) is 6.99. The highest BCUT2D eigenvalue weighted by molar-refractivity contribution is 5.98. The summed E-state index contributed by atoms with van der Waals surface area (Å²) in [6, 6.07) is 7.04. The Bertz CT molecular complexity index is 512. The fourth-order valence-corrected chi connectivity index (χ4v) is 2.34. The Morgan fingerprint density at radius 2 is 2.19 bits per heavy atom. The summed E-state index contributed by atoms with van der Waals surface area (Å²) in [6.07, 6.45) is -0.0896. The van der Waals surface area contributed by atoms with Gasteiger partial charge in [-0.05, 0) is 18.6 Å². The standard InChI is InChI=1S/C15H20N2O4/c1-11-4-2-3-5-13(11)17(8-6-14(18)19)15(20)12-10-21-9-7-16-12/h2-5,12,16H,6-10H2,1H3,(H,18,19). The molecule has 1 aliphatic rings. The minimum atomic E-state index is -0.922. The number of rotatable bonds is 5. The highest BCUT2D eigenvalue weighted by Gasteiger charge is 2.28. The molecule has 0 bridgehead atoms. The Morgan fingerprint density at radius 1 is 1.43 bits per heavy atom. The minimum absolute atomic E-state index is 0.0896. The molecule has 1 aromatic rings. The molecule has 0 saturated carbocycles. The van der Waals surface area contributed by atoms with Gasteiger partial charge in [0.15, 0.2) is 0 Å². The smallest absolute Gasteiger partial charge is 0.305 e. The van der Waals surface area contributed by atoms with Crippen molar-refractivity contribution in [2.45, 2.75) is 19.4 Å². The molecule has 0 aliphatic carbocycles. The van der Waals surface area contributed by atoms with E-state index < -0.39 is 12.0 Å². The predicted octanol–water partition coefficient (Wildman–Crippen LogP) is 0.791. The molecule has 2 rings (SSSR count). The number of para-hydroxylation sites is 1. The Hall–Kier alpha value is -1.92. The molecule has 0 aromatic heterocycles. The van der Waals surface area contributed by atoms with Crippen LogP contribution in [0.5, 0.6) is 0 Å². The maximum Gasteiger partial charge on any atom is 0.305 e. The lowest BCUT2D eigenvalue weighted by Crippen LogP contribution is -2.53. The van der Waals surface area contributed by atoms with Crippen molar-refractivity contribution in [1.29, 1.82) is 0 Å². The quantitative estimate of drug-likeness (QED) is 0.839. The van der Waals surface area contributed by atoms with Gasteiger partial charge >= 0.3 is 5.97 Å². The number of carboxylic acid groups (broad SMARTS) is 1. The largest absolute Gasteiger partial charge is 0.481 e. The third-order valence-corrected chi connectivity index (χ3v) is 3.44. The van der Waals surface area contributed by atoms with E-state index in [1.54, 1.807) is 0 Å². The zero-order valence-electron chi connectivity index (χ0n) is 12.0. The maximum atomic E-state index is 12.7. The van der Waals surface area contributed by atoms with Crippen molar-refractivity contribution in [2.75, 3.05) is 31.2 Å². The van der Waals surface area contributed by atoms with Gasteiger partial charge in [-0.25, -0.2) is 0 Å². The lowest BCUT2D eigenvalue weighted by Gasteiger charge is -2.30. The van der Waals surface area contributed by atoms with Crippen LogP contribution in [0, 0.1) is 6.92 Å². The molecule has 6 nitrogen and oxygen atoms in total. The van der Waals surface area contributed by atoms with E-state index in [2.05, 4.69) is 5.32 Å². The van der Waals surface area contributed by atoms with Gasteiger partial charge in [-0.2, -0.15) is 0 Å². The Labute approximate surface area is 123 Å². The molecule has 1 atom stereocenters. The molecular weight excluding hydrogens is 272 g/mol. The molecular formula is C15H20N2O4. The summed E-state index contributed by atoms with van der Waals surface area (Å²) in [5, 5.41) is 12.0. The Balaban J connectivity index is 2.20. The fourth-order valence-electron chi connectivity index (χ4n) is 2.34. The van der Waals surface area contributed by atoms with Crippen LogP contribution in [0.4, 0.5) is 5.69 Å². The van der Waals surface area contributed by atoms with Gasteiger partial charge in [-0.3, -0.25) is 9.59 Å². The van der Waals surface area contributed by atoms with E-state index in [9.17, 15) is 9.59 Å². The molecule has 1 aliphatic heterocycles. The number of aliphatic carboxylic acids is 1. The van der Waals surface area contributed by atoms with Gasteiger partial charge in [0, 0.05) is 18.8 Å². The van der Waals surface area contributed by atoms with Crippen LogP contribution in [0.1, 0.15) is 12.0 Å². The van der Waals surface area contributed by atoms with E-state index in [1.807, 2.05) is 31.2 Å². The Kier molecular flexibility index (Phi) is 5.30. The summed E-state index contributed by atoms with van der Waals surface area (Å²) in [5.74, 6) is -1.07. The summed E-state index contributed by atoms with van der Waals surface area (Å²) >= 11 is 0. The first kappa shape index (κ1) is 15.5. The number of hydrogen-bond acceptors (Lipinski definition) is 4. The van der Waals surface area contributed by atoms with Gasteiger partial charge in [-0.15, -0.1) is 0 Å². The number of carbonyl (C=O) groups is 2. The maximum absolute atomic E-state index is 12.7. The SMILES string of the molecule is Cc1ccccc1N(CCC(=O)O)C(=O)C1COCCN1. The zero-order chi connectivity index (χ0) is 15.2. The van der Waals surface area contributed by atoms with Crippen molar-refractivity contribution in [3.63, 3.8) is 0 Å². The van der Waals surface area contributed by atoms with E-state index in [4.69, 9.17) is 9.84 Å². The number of carbonyl (C=O) groups excluding carboxylic acids is 1. The van der Waals surface area contributed by atoms with E-state index in [0.717, 1.165) is 11.3 Å². The molecule has 1 heterocycles. The number of amides is 1. The van der Waals surface area contributed by atoms with E-state index in [1.165, 1.54) is 4.90 Å². The van der Waals surface area contributed by atoms with Gasteiger partial charge in [0.05, 0.1) is 19.6 Å². The summed E-state index contributed by atoms with van der Waals surface area (Å²) in [4.78, 5) is 25.0. The molecule has 114 valence electrons. The van der Waals surface area contributed by atoms with Crippen molar-refractivity contribution in [2.24, 2.45) is 0 Å².